The van der Waals surface area contributed by atoms with Gasteiger partial charge in [0.15, 0.2) is 0 Å². The highest BCUT2D eigenvalue weighted by Gasteiger charge is 2.35. The van der Waals surface area contributed by atoms with Gasteiger partial charge in [0.25, 0.3) is 11.8 Å². The number of nitrogens with one attached hydrogen (secondary N) is 1. The summed E-state index contributed by atoms with van der Waals surface area (Å²) >= 11 is 0. The Morgan fingerprint density at radius 3 is 1.97 bits per heavy atom. The molecule has 2 aliphatic heterocycles. The summed E-state index contributed by atoms with van der Waals surface area (Å²) in [6.07, 6.45) is 9.60. The molecule has 2 amide bonds. The number of fused-ring (bicyclic) bond motifs is 1. The van der Waals surface area contributed by atoms with Crippen molar-refractivity contribution in [1.29, 1.82) is 0 Å². The molecule has 0 spiro atoms. The zero-order valence-electron chi connectivity index (χ0n) is 18.7. The van der Waals surface area contributed by atoms with Gasteiger partial charge in [-0.25, -0.2) is 0 Å². The normalized spacial score (nSPS) is 17.0. The summed E-state index contributed by atoms with van der Waals surface area (Å²) < 4.78 is 0. The van der Waals surface area contributed by atoms with Gasteiger partial charge in [-0.2, -0.15) is 0 Å². The molecule has 1 N–H and O–H groups in total. The third-order valence-corrected chi connectivity index (χ3v) is 5.90. The zero-order chi connectivity index (χ0) is 23.3. The monoisotopic (exact) mass is 451 g/mol. The van der Waals surface area contributed by atoms with Crippen molar-refractivity contribution in [3.05, 3.63) is 119 Å². The maximum absolute atomic E-state index is 12.8. The number of carbonyl (C=O) groups excluding carboxylic acids is 2. The molecule has 1 atom stereocenters. The van der Waals surface area contributed by atoms with Gasteiger partial charge >= 0.3 is 0 Å². The lowest BCUT2D eigenvalue weighted by atomic mass is 10.1. The van der Waals surface area contributed by atoms with Crippen molar-refractivity contribution in [2.75, 3.05) is 13.1 Å². The Morgan fingerprint density at radius 2 is 1.41 bits per heavy atom. The molecule has 3 aromatic rings. The maximum atomic E-state index is 12.8. The Labute approximate surface area is 198 Å². The number of imide groups is 1. The van der Waals surface area contributed by atoms with Gasteiger partial charge in [-0.15, -0.1) is 0 Å². The van der Waals surface area contributed by atoms with Gasteiger partial charge in [0.05, 0.1) is 35.1 Å². The molecule has 0 radical (unpaired) electrons. The topological polar surface area (TPSA) is 78.4 Å². The van der Waals surface area contributed by atoms with E-state index in [1.165, 1.54) is 4.90 Å². The van der Waals surface area contributed by atoms with Crippen molar-refractivity contribution in [1.82, 2.24) is 25.1 Å². The number of carbonyl (C=O) groups is 2. The predicted octanol–water partition coefficient (Wildman–Crippen LogP) is 3.19. The first-order valence-electron chi connectivity index (χ1n) is 11.3. The van der Waals surface area contributed by atoms with E-state index in [4.69, 9.17) is 0 Å². The van der Waals surface area contributed by atoms with Crippen LogP contribution < -0.4 is 5.32 Å². The minimum Gasteiger partial charge on any atom is -0.379 e. The average molecular weight is 452 g/mol. The number of hydrogen-bond acceptors (Lipinski definition) is 6. The molecule has 2 aromatic heterocycles. The minimum atomic E-state index is -0.249. The second-order valence-corrected chi connectivity index (χ2v) is 8.38. The highest BCUT2D eigenvalue weighted by atomic mass is 16.2. The van der Waals surface area contributed by atoms with Gasteiger partial charge in [0.1, 0.15) is 0 Å². The highest BCUT2D eigenvalue weighted by molar-refractivity contribution is 6.21. The molecule has 0 fully saturated rings. The van der Waals surface area contributed by atoms with Crippen molar-refractivity contribution in [2.24, 2.45) is 0 Å². The summed E-state index contributed by atoms with van der Waals surface area (Å²) in [5, 5.41) is 3.50. The number of hydrogen-bond donors (Lipinski definition) is 1. The number of benzene rings is 1. The molecule has 5 rings (SSSR count). The molecule has 170 valence electrons. The number of nitrogens with zero attached hydrogens (tertiary/aromatic N) is 4. The van der Waals surface area contributed by atoms with Crippen molar-refractivity contribution in [2.45, 2.75) is 19.1 Å². The first-order chi connectivity index (χ1) is 16.7. The smallest absolute Gasteiger partial charge is 0.261 e. The quantitative estimate of drug-likeness (QED) is 0.530. The number of aromatic nitrogens is 2. The van der Waals surface area contributed by atoms with E-state index >= 15 is 0 Å². The summed E-state index contributed by atoms with van der Waals surface area (Å²) in [5.74, 6) is -0.498. The van der Waals surface area contributed by atoms with Crippen molar-refractivity contribution in [3.8, 4) is 0 Å². The van der Waals surface area contributed by atoms with E-state index in [1.807, 2.05) is 48.6 Å². The zero-order valence-corrected chi connectivity index (χ0v) is 18.7. The number of amides is 2. The molecular weight excluding hydrogens is 426 g/mol. The molecule has 0 saturated heterocycles. The van der Waals surface area contributed by atoms with E-state index in [1.54, 1.807) is 36.7 Å². The van der Waals surface area contributed by atoms with Crippen LogP contribution in [0.25, 0.3) is 0 Å². The van der Waals surface area contributed by atoms with Crippen LogP contribution in [0.15, 0.2) is 97.0 Å². The molecule has 1 unspecified atom stereocenters. The van der Waals surface area contributed by atoms with Crippen LogP contribution in [0, 0.1) is 0 Å². The van der Waals surface area contributed by atoms with Crippen LogP contribution in [0.2, 0.25) is 0 Å². The molecule has 0 bridgehead atoms. The first-order valence-corrected chi connectivity index (χ1v) is 11.3. The molecule has 2 aliphatic rings. The largest absolute Gasteiger partial charge is 0.379 e. The highest BCUT2D eigenvalue weighted by Crippen LogP contribution is 2.23. The summed E-state index contributed by atoms with van der Waals surface area (Å²) in [4.78, 5) is 38.1. The Balaban J connectivity index is 1.26. The average Bonchev–Trinajstić information content (AvgIpc) is 3.10. The fourth-order valence-electron chi connectivity index (χ4n) is 4.30. The molecule has 0 aliphatic carbocycles. The third-order valence-electron chi connectivity index (χ3n) is 5.90. The lowest BCUT2D eigenvalue weighted by Crippen LogP contribution is -2.43. The molecule has 34 heavy (non-hydrogen) atoms. The van der Waals surface area contributed by atoms with Crippen LogP contribution in [0.1, 0.15) is 32.1 Å². The SMILES string of the molecule is O=C1c2ccccc2C(=O)N1CC1=CC=CC(CN(Cc2ccccn2)Cc2ccccn2)N1. The Kier molecular flexibility index (Phi) is 6.27. The van der Waals surface area contributed by atoms with E-state index in [0.29, 0.717) is 30.8 Å². The number of dihydropyridines is 1. The summed E-state index contributed by atoms with van der Waals surface area (Å²) in [7, 11) is 0. The van der Waals surface area contributed by atoms with Crippen molar-refractivity contribution >= 4 is 11.8 Å². The van der Waals surface area contributed by atoms with Crippen molar-refractivity contribution < 1.29 is 9.59 Å². The van der Waals surface area contributed by atoms with E-state index in [2.05, 4.69) is 26.3 Å². The van der Waals surface area contributed by atoms with Gasteiger partial charge in [-0.05, 0) is 42.5 Å². The van der Waals surface area contributed by atoms with E-state index in [9.17, 15) is 9.59 Å². The number of rotatable bonds is 8. The lowest BCUT2D eigenvalue weighted by Gasteiger charge is -2.30. The van der Waals surface area contributed by atoms with Crippen LogP contribution >= 0.6 is 0 Å². The second kappa shape index (κ2) is 9.80. The molecule has 1 aromatic carbocycles. The molecule has 4 heterocycles. The third kappa shape index (κ3) is 4.79. The van der Waals surface area contributed by atoms with E-state index < -0.39 is 0 Å². The molecule has 7 heteroatoms. The number of pyridine rings is 2. The van der Waals surface area contributed by atoms with Crippen LogP contribution in [0.5, 0.6) is 0 Å². The first kappa shape index (κ1) is 21.7. The summed E-state index contributed by atoms with van der Waals surface area (Å²) in [6.45, 7) is 2.29. The standard InChI is InChI=1S/C27H25N5O2/c33-26-24-12-1-2-13-25(24)27(34)32(26)19-23-11-7-10-22(30-23)18-31(16-20-8-3-5-14-28-20)17-21-9-4-6-15-29-21/h1-15,22,30H,16-19H2. The van der Waals surface area contributed by atoms with Gasteiger partial charge in [0, 0.05) is 37.7 Å². The van der Waals surface area contributed by atoms with E-state index in [0.717, 1.165) is 17.1 Å². The van der Waals surface area contributed by atoms with Gasteiger partial charge < -0.3 is 5.32 Å². The molecule has 7 nitrogen and oxygen atoms in total. The Bertz CT molecular complexity index is 1160. The fraction of sp³-hybridized carbons (Fsp3) is 0.185. The maximum Gasteiger partial charge on any atom is 0.261 e. The van der Waals surface area contributed by atoms with Crippen LogP contribution in [0.4, 0.5) is 0 Å². The van der Waals surface area contributed by atoms with Crippen LogP contribution in [-0.4, -0.2) is 50.7 Å². The van der Waals surface area contributed by atoms with Crippen LogP contribution in [-0.2, 0) is 13.1 Å². The lowest BCUT2D eigenvalue weighted by molar-refractivity contribution is 0.0664. The Hall–Kier alpha value is -4.10. The Morgan fingerprint density at radius 1 is 0.824 bits per heavy atom. The fourth-order valence-corrected chi connectivity index (χ4v) is 4.30. The predicted molar refractivity (Wildman–Crippen MR) is 129 cm³/mol. The van der Waals surface area contributed by atoms with Gasteiger partial charge in [0.2, 0.25) is 0 Å². The van der Waals surface area contributed by atoms with Gasteiger partial charge in [-0.3, -0.25) is 29.4 Å². The van der Waals surface area contributed by atoms with E-state index in [-0.39, 0.29) is 24.4 Å². The molecule has 0 saturated carbocycles. The summed E-state index contributed by atoms with van der Waals surface area (Å²) in [6, 6.07) is 18.8. The summed E-state index contributed by atoms with van der Waals surface area (Å²) in [5.41, 5.74) is 3.73. The second-order valence-electron chi connectivity index (χ2n) is 8.38. The van der Waals surface area contributed by atoms with Crippen molar-refractivity contribution in [3.63, 3.8) is 0 Å². The van der Waals surface area contributed by atoms with Crippen LogP contribution in [0.3, 0.4) is 0 Å². The number of allylic oxidation sites excluding steroid dienone is 2. The molecular formula is C27H25N5O2. The minimum absolute atomic E-state index is 0.0163. The van der Waals surface area contributed by atoms with Gasteiger partial charge in [-0.1, -0.05) is 36.4 Å².